The third-order valence-electron chi connectivity index (χ3n) is 6.19. The summed E-state index contributed by atoms with van der Waals surface area (Å²) in [6.07, 6.45) is -4.14. The van der Waals surface area contributed by atoms with Crippen molar-refractivity contribution >= 4 is 29.2 Å². The number of anilines is 2. The van der Waals surface area contributed by atoms with Crippen LogP contribution in [0, 0.1) is 0 Å². The first-order valence-corrected chi connectivity index (χ1v) is 10.6. The fourth-order valence-corrected chi connectivity index (χ4v) is 4.39. The molecule has 2 unspecified atom stereocenters. The number of carbonyl (C=O) groups excluding carboxylic acids is 1. The van der Waals surface area contributed by atoms with Crippen molar-refractivity contribution in [2.24, 2.45) is 12.0 Å². The van der Waals surface area contributed by atoms with E-state index in [0.29, 0.717) is 16.9 Å². The fraction of sp³-hybridized carbons (Fsp3) is 0.318. The smallest absolute Gasteiger partial charge is 0.383 e. The summed E-state index contributed by atoms with van der Waals surface area (Å²) in [7, 11) is 1.65. The van der Waals surface area contributed by atoms with Crippen molar-refractivity contribution in [1.82, 2.24) is 25.1 Å². The van der Waals surface area contributed by atoms with Crippen LogP contribution in [-0.4, -0.2) is 37.7 Å². The number of nitrogens with zero attached hydrogens (tertiary/aromatic N) is 5. The van der Waals surface area contributed by atoms with Crippen molar-refractivity contribution in [3.8, 4) is 0 Å². The van der Waals surface area contributed by atoms with E-state index in [1.807, 2.05) is 30.3 Å². The van der Waals surface area contributed by atoms with Crippen LogP contribution in [0.15, 0.2) is 41.5 Å². The van der Waals surface area contributed by atoms with Gasteiger partial charge in [-0.3, -0.25) is 9.48 Å². The Morgan fingerprint density at radius 2 is 1.94 bits per heavy atom. The quantitative estimate of drug-likeness (QED) is 0.539. The van der Waals surface area contributed by atoms with Crippen molar-refractivity contribution < 1.29 is 18.0 Å². The molecule has 9 nitrogen and oxygen atoms in total. The minimum Gasteiger partial charge on any atom is -0.383 e. The number of nitrogens with two attached hydrogens (primary N) is 1. The molecule has 4 heterocycles. The second-order valence-corrected chi connectivity index (χ2v) is 8.43. The number of hydrogen-bond acceptors (Lipinski definition) is 7. The molecule has 0 radical (unpaired) electrons. The number of hydrogen-bond donors (Lipinski definition) is 3. The standard InChI is InChI=1S/C22H21F3N8O/c1-21(11-6-4-3-5-7-11)14-16(26)30-18(31-17(14)32-20(21)34)15-12-10-27-33(2)19(12)29-13(28-15)8-9-22(23,24)25/h3-7,10,15H,8-9H2,1-2H3,(H,28,29)(H3,26,30,31,32,34). The molecule has 4 N–H and O–H groups in total. The molecule has 12 heteroatoms. The minimum absolute atomic E-state index is 0.108. The van der Waals surface area contributed by atoms with Gasteiger partial charge in [0.1, 0.15) is 28.9 Å². The number of benzene rings is 1. The lowest BCUT2D eigenvalue weighted by Gasteiger charge is -2.26. The minimum atomic E-state index is -4.33. The molecule has 5 rings (SSSR count). The van der Waals surface area contributed by atoms with Crippen LogP contribution >= 0.6 is 0 Å². The summed E-state index contributed by atoms with van der Waals surface area (Å²) in [4.78, 5) is 26.4. The van der Waals surface area contributed by atoms with Crippen molar-refractivity contribution in [3.05, 3.63) is 59.0 Å². The Balaban J connectivity index is 1.56. The van der Waals surface area contributed by atoms with Gasteiger partial charge in [0.05, 0.1) is 18.2 Å². The largest absolute Gasteiger partial charge is 0.389 e. The van der Waals surface area contributed by atoms with Crippen LogP contribution in [0.2, 0.25) is 0 Å². The Hall–Kier alpha value is -3.96. The fourth-order valence-electron chi connectivity index (χ4n) is 4.39. The van der Waals surface area contributed by atoms with Crippen molar-refractivity contribution in [2.75, 3.05) is 11.1 Å². The lowest BCUT2D eigenvalue weighted by Crippen LogP contribution is -2.34. The molecule has 0 saturated carbocycles. The normalized spacial score (nSPS) is 21.4. The lowest BCUT2D eigenvalue weighted by atomic mass is 9.78. The molecule has 1 aromatic carbocycles. The monoisotopic (exact) mass is 470 g/mol. The van der Waals surface area contributed by atoms with Gasteiger partial charge in [-0.1, -0.05) is 30.3 Å². The van der Waals surface area contributed by atoms with Gasteiger partial charge in [0.2, 0.25) is 5.91 Å². The summed E-state index contributed by atoms with van der Waals surface area (Å²) in [6, 6.07) is 8.43. The number of aliphatic imine (C=N–C) groups is 1. The lowest BCUT2D eigenvalue weighted by molar-refractivity contribution is -0.132. The molecule has 2 aliphatic heterocycles. The Morgan fingerprint density at radius 3 is 2.65 bits per heavy atom. The average Bonchev–Trinajstić information content (AvgIpc) is 3.29. The highest BCUT2D eigenvalue weighted by Gasteiger charge is 2.48. The maximum atomic E-state index is 13.0. The summed E-state index contributed by atoms with van der Waals surface area (Å²) in [5, 5.41) is 9.97. The van der Waals surface area contributed by atoms with Crippen LogP contribution < -0.4 is 16.4 Å². The summed E-state index contributed by atoms with van der Waals surface area (Å²) >= 11 is 0. The second-order valence-electron chi connectivity index (χ2n) is 8.43. The number of amidine groups is 1. The zero-order valence-electron chi connectivity index (χ0n) is 18.3. The molecule has 2 atom stereocenters. The van der Waals surface area contributed by atoms with E-state index in [4.69, 9.17) is 5.73 Å². The molecule has 1 amide bonds. The van der Waals surface area contributed by atoms with Crippen LogP contribution in [0.25, 0.3) is 0 Å². The number of fused-ring (bicyclic) bond motifs is 2. The Morgan fingerprint density at radius 1 is 1.21 bits per heavy atom. The Kier molecular flexibility index (Phi) is 4.85. The molecule has 0 bridgehead atoms. The van der Waals surface area contributed by atoms with Crippen LogP contribution in [-0.2, 0) is 17.3 Å². The van der Waals surface area contributed by atoms with Gasteiger partial charge < -0.3 is 16.4 Å². The Labute approximate surface area is 192 Å². The van der Waals surface area contributed by atoms with E-state index in [1.165, 1.54) is 4.68 Å². The summed E-state index contributed by atoms with van der Waals surface area (Å²) < 4.78 is 39.9. The topological polar surface area (TPSA) is 123 Å². The van der Waals surface area contributed by atoms with Gasteiger partial charge in [-0.15, -0.1) is 0 Å². The number of aryl methyl sites for hydroxylation is 1. The molecule has 0 fully saturated rings. The molecule has 0 aliphatic carbocycles. The van der Waals surface area contributed by atoms with Crippen LogP contribution in [0.5, 0.6) is 0 Å². The number of aromatic nitrogens is 4. The number of halogens is 3. The zero-order chi connectivity index (χ0) is 24.3. The SMILES string of the molecule is Cn1ncc2c1N=C(CCC(F)(F)F)NC2c1nc(N)c2c(n1)NC(=O)C2(C)c1ccccc1. The number of amides is 1. The van der Waals surface area contributed by atoms with Gasteiger partial charge in [-0.05, 0) is 12.5 Å². The first-order valence-electron chi connectivity index (χ1n) is 10.6. The van der Waals surface area contributed by atoms with Crippen molar-refractivity contribution in [3.63, 3.8) is 0 Å². The van der Waals surface area contributed by atoms with Gasteiger partial charge in [-0.2, -0.15) is 18.3 Å². The third-order valence-corrected chi connectivity index (χ3v) is 6.19. The number of nitrogen functional groups attached to an aromatic ring is 1. The van der Waals surface area contributed by atoms with Gasteiger partial charge in [0.25, 0.3) is 0 Å². The van der Waals surface area contributed by atoms with Crippen LogP contribution in [0.4, 0.5) is 30.6 Å². The highest BCUT2D eigenvalue weighted by Crippen LogP contribution is 2.45. The van der Waals surface area contributed by atoms with Crippen LogP contribution in [0.1, 0.15) is 48.3 Å². The highest BCUT2D eigenvalue weighted by atomic mass is 19.4. The van der Waals surface area contributed by atoms with E-state index in [1.54, 1.807) is 20.2 Å². The summed E-state index contributed by atoms with van der Waals surface area (Å²) in [5.74, 6) is 0.822. The molecule has 0 spiro atoms. The van der Waals surface area contributed by atoms with E-state index < -0.39 is 24.1 Å². The molecule has 176 valence electrons. The maximum Gasteiger partial charge on any atom is 0.389 e. The zero-order valence-corrected chi connectivity index (χ0v) is 18.3. The number of nitrogens with one attached hydrogen (secondary N) is 2. The summed E-state index contributed by atoms with van der Waals surface area (Å²) in [6.45, 7) is 1.75. The number of alkyl halides is 3. The van der Waals surface area contributed by atoms with E-state index in [9.17, 15) is 18.0 Å². The molecule has 0 saturated heterocycles. The first-order chi connectivity index (χ1) is 16.1. The average molecular weight is 470 g/mol. The van der Waals surface area contributed by atoms with E-state index in [0.717, 1.165) is 5.56 Å². The molecule has 3 aromatic rings. The Bertz CT molecular complexity index is 1320. The highest BCUT2D eigenvalue weighted by molar-refractivity contribution is 6.08. The number of carbonyl (C=O) groups is 1. The molecular weight excluding hydrogens is 449 g/mol. The van der Waals surface area contributed by atoms with Crippen LogP contribution in [0.3, 0.4) is 0 Å². The third kappa shape index (κ3) is 3.45. The van der Waals surface area contributed by atoms with Gasteiger partial charge in [-0.25, -0.2) is 15.0 Å². The number of rotatable bonds is 4. The van der Waals surface area contributed by atoms with Crippen molar-refractivity contribution in [2.45, 2.75) is 37.4 Å². The summed E-state index contributed by atoms with van der Waals surface area (Å²) in [5.41, 5.74) is 7.06. The molecule has 2 aromatic heterocycles. The van der Waals surface area contributed by atoms with Crippen molar-refractivity contribution in [1.29, 1.82) is 0 Å². The first kappa shape index (κ1) is 21.9. The van der Waals surface area contributed by atoms with E-state index in [2.05, 4.69) is 30.7 Å². The molecule has 34 heavy (non-hydrogen) atoms. The predicted octanol–water partition coefficient (Wildman–Crippen LogP) is 3.12. The van der Waals surface area contributed by atoms with E-state index in [-0.39, 0.29) is 35.6 Å². The van der Waals surface area contributed by atoms with Gasteiger partial charge in [0, 0.05) is 19.0 Å². The molecular formula is C22H21F3N8O. The maximum absolute atomic E-state index is 13.0. The second kappa shape index (κ2) is 7.54. The van der Waals surface area contributed by atoms with E-state index >= 15 is 0 Å². The molecule has 2 aliphatic rings. The van der Waals surface area contributed by atoms with Gasteiger partial charge in [0.15, 0.2) is 11.6 Å². The predicted molar refractivity (Wildman–Crippen MR) is 119 cm³/mol. The van der Waals surface area contributed by atoms with Gasteiger partial charge >= 0.3 is 6.18 Å².